The largest absolute Gasteiger partial charge is 0.491 e. The molecule has 1 aromatic carbocycles. The summed E-state index contributed by atoms with van der Waals surface area (Å²) in [7, 11) is 0. The topological polar surface area (TPSA) is 65.6 Å². The number of carbonyl (C=O) groups is 2. The molecule has 1 N–H and O–H groups in total. The van der Waals surface area contributed by atoms with Crippen molar-refractivity contribution in [3.8, 4) is 5.75 Å². The van der Waals surface area contributed by atoms with Gasteiger partial charge >= 0.3 is 0 Å². The zero-order valence-corrected chi connectivity index (χ0v) is 16.2. The fourth-order valence-electron chi connectivity index (χ4n) is 3.31. The molecule has 0 radical (unpaired) electrons. The van der Waals surface area contributed by atoms with E-state index in [-0.39, 0.29) is 17.9 Å². The van der Waals surface area contributed by atoms with Crippen molar-refractivity contribution >= 4 is 11.8 Å². The van der Waals surface area contributed by atoms with Gasteiger partial charge in [0.2, 0.25) is 0 Å². The van der Waals surface area contributed by atoms with Gasteiger partial charge in [0.1, 0.15) is 5.75 Å². The minimum atomic E-state index is 0.00476. The Kier molecular flexibility index (Phi) is 5.84. The number of aromatic amines is 1. The van der Waals surface area contributed by atoms with Crippen LogP contribution in [0.4, 0.5) is 0 Å². The van der Waals surface area contributed by atoms with Crippen LogP contribution >= 0.6 is 0 Å². The van der Waals surface area contributed by atoms with Crippen LogP contribution in [0.3, 0.4) is 0 Å². The molecule has 1 fully saturated rings. The highest BCUT2D eigenvalue weighted by molar-refractivity contribution is 5.95. The average Bonchev–Trinajstić information content (AvgIpc) is 3.06. The summed E-state index contributed by atoms with van der Waals surface area (Å²) < 4.78 is 5.75. The number of nitrogens with one attached hydrogen (secondary N) is 1. The van der Waals surface area contributed by atoms with Gasteiger partial charge in [-0.15, -0.1) is 0 Å². The first-order valence-electron chi connectivity index (χ1n) is 9.44. The van der Waals surface area contributed by atoms with Crippen molar-refractivity contribution in [1.29, 1.82) is 0 Å². The molecule has 144 valence electrons. The summed E-state index contributed by atoms with van der Waals surface area (Å²) in [6, 6.07) is 7.34. The Morgan fingerprint density at radius 3 is 2.22 bits per heavy atom. The second-order valence-electron chi connectivity index (χ2n) is 7.18. The van der Waals surface area contributed by atoms with Crippen molar-refractivity contribution in [1.82, 2.24) is 14.8 Å². The number of carbonyl (C=O) groups excluding carboxylic acids is 2. The van der Waals surface area contributed by atoms with E-state index in [1.54, 1.807) is 18.5 Å². The predicted molar refractivity (Wildman–Crippen MR) is 104 cm³/mol. The number of amides is 2. The summed E-state index contributed by atoms with van der Waals surface area (Å²) in [6.07, 6.45) is 4.32. The van der Waals surface area contributed by atoms with Crippen LogP contribution in [0.15, 0.2) is 36.7 Å². The van der Waals surface area contributed by atoms with Gasteiger partial charge in [-0.1, -0.05) is 0 Å². The van der Waals surface area contributed by atoms with Crippen LogP contribution in [0.2, 0.25) is 0 Å². The SMILES string of the molecule is Cc1cc(C(=O)N2CCCN(C(=O)c3cc[nH]c3)CC2)ccc1OC(C)C. The van der Waals surface area contributed by atoms with Crippen molar-refractivity contribution in [2.24, 2.45) is 0 Å². The van der Waals surface area contributed by atoms with E-state index in [1.165, 1.54) is 0 Å². The van der Waals surface area contributed by atoms with Crippen molar-refractivity contribution in [2.75, 3.05) is 26.2 Å². The third-order valence-corrected chi connectivity index (χ3v) is 4.70. The van der Waals surface area contributed by atoms with E-state index >= 15 is 0 Å². The summed E-state index contributed by atoms with van der Waals surface area (Å²) in [5, 5.41) is 0. The molecule has 0 spiro atoms. The monoisotopic (exact) mass is 369 g/mol. The number of aryl methyl sites for hydroxylation is 1. The average molecular weight is 369 g/mol. The molecule has 0 bridgehead atoms. The van der Waals surface area contributed by atoms with Crippen molar-refractivity contribution in [3.63, 3.8) is 0 Å². The van der Waals surface area contributed by atoms with E-state index in [0.29, 0.717) is 37.3 Å². The van der Waals surface area contributed by atoms with Gasteiger partial charge < -0.3 is 19.5 Å². The van der Waals surface area contributed by atoms with E-state index in [2.05, 4.69) is 4.98 Å². The summed E-state index contributed by atoms with van der Waals surface area (Å²) >= 11 is 0. The minimum absolute atomic E-state index is 0.00476. The summed E-state index contributed by atoms with van der Waals surface area (Å²) in [5.41, 5.74) is 2.27. The van der Waals surface area contributed by atoms with Crippen LogP contribution in [-0.2, 0) is 0 Å². The molecular formula is C21H27N3O3. The Bertz CT molecular complexity index is 799. The zero-order chi connectivity index (χ0) is 19.4. The third kappa shape index (κ3) is 4.51. The van der Waals surface area contributed by atoms with Crippen molar-refractivity contribution in [2.45, 2.75) is 33.3 Å². The molecule has 1 aliphatic heterocycles. The van der Waals surface area contributed by atoms with Gasteiger partial charge in [-0.25, -0.2) is 0 Å². The highest BCUT2D eigenvalue weighted by Crippen LogP contribution is 2.22. The van der Waals surface area contributed by atoms with Crippen molar-refractivity contribution in [3.05, 3.63) is 53.3 Å². The molecule has 3 rings (SSSR count). The number of ether oxygens (including phenoxy) is 1. The minimum Gasteiger partial charge on any atom is -0.491 e. The lowest BCUT2D eigenvalue weighted by atomic mass is 10.1. The van der Waals surface area contributed by atoms with E-state index in [4.69, 9.17) is 4.74 Å². The standard InChI is InChI=1S/C21H27N3O3/c1-15(2)27-19-6-5-17(13-16(19)3)20(25)23-9-4-10-24(12-11-23)21(26)18-7-8-22-14-18/h5-8,13-15,22H,4,9-12H2,1-3H3. The molecule has 0 atom stereocenters. The molecule has 2 heterocycles. The van der Waals surface area contributed by atoms with Gasteiger partial charge in [0.15, 0.2) is 0 Å². The molecule has 27 heavy (non-hydrogen) atoms. The molecule has 0 aliphatic carbocycles. The molecule has 1 aromatic heterocycles. The molecule has 6 heteroatoms. The van der Waals surface area contributed by atoms with E-state index in [9.17, 15) is 9.59 Å². The van der Waals surface area contributed by atoms with Gasteiger partial charge in [0.05, 0.1) is 11.7 Å². The van der Waals surface area contributed by atoms with Crippen LogP contribution in [-0.4, -0.2) is 58.9 Å². The number of H-pyrrole nitrogens is 1. The van der Waals surface area contributed by atoms with Gasteiger partial charge in [-0.3, -0.25) is 9.59 Å². The lowest BCUT2D eigenvalue weighted by molar-refractivity contribution is 0.0718. The maximum atomic E-state index is 12.9. The number of aromatic nitrogens is 1. The Hall–Kier alpha value is -2.76. The Morgan fingerprint density at radius 1 is 1.00 bits per heavy atom. The Balaban J connectivity index is 1.66. The molecule has 6 nitrogen and oxygen atoms in total. The smallest absolute Gasteiger partial charge is 0.255 e. The van der Waals surface area contributed by atoms with E-state index in [0.717, 1.165) is 17.7 Å². The molecule has 0 unspecified atom stereocenters. The molecular weight excluding hydrogens is 342 g/mol. The molecule has 0 saturated carbocycles. The quantitative estimate of drug-likeness (QED) is 0.901. The highest BCUT2D eigenvalue weighted by atomic mass is 16.5. The maximum Gasteiger partial charge on any atom is 0.255 e. The fraction of sp³-hybridized carbons (Fsp3) is 0.429. The molecule has 2 aromatic rings. The van der Waals surface area contributed by atoms with Crippen molar-refractivity contribution < 1.29 is 14.3 Å². The second kappa shape index (κ2) is 8.29. The maximum absolute atomic E-state index is 12.9. The lowest BCUT2D eigenvalue weighted by Gasteiger charge is -2.22. The molecule has 1 saturated heterocycles. The number of nitrogens with zero attached hydrogens (tertiary/aromatic N) is 2. The summed E-state index contributed by atoms with van der Waals surface area (Å²) in [5.74, 6) is 0.822. The number of hydrogen-bond acceptors (Lipinski definition) is 3. The number of rotatable bonds is 4. The van der Waals surface area contributed by atoms with Gasteiger partial charge in [-0.05, 0) is 57.0 Å². The fourth-order valence-corrected chi connectivity index (χ4v) is 3.31. The highest BCUT2D eigenvalue weighted by Gasteiger charge is 2.24. The van der Waals surface area contributed by atoms with Gasteiger partial charge in [0, 0.05) is 44.1 Å². The third-order valence-electron chi connectivity index (χ3n) is 4.70. The van der Waals surface area contributed by atoms with Crippen LogP contribution < -0.4 is 4.74 Å². The summed E-state index contributed by atoms with van der Waals surface area (Å²) in [4.78, 5) is 32.0. The zero-order valence-electron chi connectivity index (χ0n) is 16.2. The number of hydrogen-bond donors (Lipinski definition) is 1. The first-order valence-corrected chi connectivity index (χ1v) is 9.44. The van der Waals surface area contributed by atoms with E-state index in [1.807, 2.05) is 48.8 Å². The lowest BCUT2D eigenvalue weighted by Crippen LogP contribution is -2.37. The van der Waals surface area contributed by atoms with Crippen LogP contribution in [0.25, 0.3) is 0 Å². The van der Waals surface area contributed by atoms with Crippen LogP contribution in [0.5, 0.6) is 5.75 Å². The first kappa shape index (κ1) is 19.0. The summed E-state index contributed by atoms with van der Waals surface area (Å²) in [6.45, 7) is 8.31. The van der Waals surface area contributed by atoms with E-state index < -0.39 is 0 Å². The molecule has 2 amide bonds. The normalized spacial score (nSPS) is 15.0. The van der Waals surface area contributed by atoms with Gasteiger partial charge in [-0.2, -0.15) is 0 Å². The van der Waals surface area contributed by atoms with Crippen LogP contribution in [0.1, 0.15) is 46.5 Å². The van der Waals surface area contributed by atoms with Gasteiger partial charge in [0.25, 0.3) is 11.8 Å². The second-order valence-corrected chi connectivity index (χ2v) is 7.18. The van der Waals surface area contributed by atoms with Crippen LogP contribution in [0, 0.1) is 6.92 Å². The predicted octanol–water partition coefficient (Wildman–Crippen LogP) is 3.10. The Morgan fingerprint density at radius 2 is 1.67 bits per heavy atom. The Labute approximate surface area is 160 Å². The molecule has 1 aliphatic rings. The first-order chi connectivity index (χ1) is 13.0. The number of benzene rings is 1.